The molecule has 2 aromatic rings. The van der Waals surface area contributed by atoms with Crippen molar-refractivity contribution in [2.45, 2.75) is 0 Å². The van der Waals surface area contributed by atoms with E-state index in [0.717, 1.165) is 0 Å². The van der Waals surface area contributed by atoms with E-state index in [1.165, 1.54) is 18.2 Å². The lowest BCUT2D eigenvalue weighted by atomic mass is 9.99. The maximum absolute atomic E-state index is 14.1. The van der Waals surface area contributed by atoms with Crippen LogP contribution in [-0.2, 0) is 0 Å². The Balaban J connectivity index is 2.33. The summed E-state index contributed by atoms with van der Waals surface area (Å²) in [4.78, 5) is 8.40. The van der Waals surface area contributed by atoms with Crippen molar-refractivity contribution in [3.63, 3.8) is 0 Å². The number of nitrogens with zero attached hydrogens (tertiary/aromatic N) is 2. The van der Waals surface area contributed by atoms with Gasteiger partial charge in [-0.1, -0.05) is 29.3 Å². The molecule has 21 heavy (non-hydrogen) atoms. The summed E-state index contributed by atoms with van der Waals surface area (Å²) in [5, 5.41) is 0.451. The van der Waals surface area contributed by atoms with E-state index in [4.69, 9.17) is 23.2 Å². The second-order valence-electron chi connectivity index (χ2n) is 4.35. The van der Waals surface area contributed by atoms with E-state index in [1.807, 2.05) is 0 Å². The minimum atomic E-state index is -0.711. The van der Waals surface area contributed by atoms with Gasteiger partial charge in [0.05, 0.1) is 33.6 Å². The molecule has 2 aromatic carbocycles. The Morgan fingerprint density at radius 1 is 0.952 bits per heavy atom. The molecule has 2 nitrogen and oxygen atoms in total. The first kappa shape index (κ1) is 14.2. The Kier molecular flexibility index (Phi) is 3.74. The lowest BCUT2D eigenvalue weighted by Gasteiger charge is -2.13. The van der Waals surface area contributed by atoms with E-state index in [9.17, 15) is 8.78 Å². The molecule has 3 rings (SSSR count). The fourth-order valence-electron chi connectivity index (χ4n) is 2.15. The number of hydrogen-bond donors (Lipinski definition) is 0. The highest BCUT2D eigenvalue weighted by Gasteiger charge is 2.23. The van der Waals surface area contributed by atoms with Gasteiger partial charge in [-0.3, -0.25) is 9.98 Å². The quantitative estimate of drug-likeness (QED) is 0.718. The second kappa shape index (κ2) is 5.54. The third kappa shape index (κ3) is 2.45. The first-order chi connectivity index (χ1) is 10.1. The van der Waals surface area contributed by atoms with Crippen LogP contribution in [0, 0.1) is 11.6 Å². The first-order valence-electron chi connectivity index (χ1n) is 6.09. The van der Waals surface area contributed by atoms with Gasteiger partial charge in [0.15, 0.2) is 0 Å². The van der Waals surface area contributed by atoms with Crippen LogP contribution in [0.5, 0.6) is 0 Å². The first-order valence-corrected chi connectivity index (χ1v) is 6.85. The van der Waals surface area contributed by atoms with Crippen LogP contribution < -0.4 is 0 Å². The van der Waals surface area contributed by atoms with Crippen LogP contribution in [0.3, 0.4) is 0 Å². The van der Waals surface area contributed by atoms with E-state index in [1.54, 1.807) is 18.3 Å². The lowest BCUT2D eigenvalue weighted by molar-refractivity contribution is 0.579. The van der Waals surface area contributed by atoms with Crippen molar-refractivity contribution in [1.82, 2.24) is 0 Å². The molecule has 0 aliphatic carbocycles. The SMILES string of the molecule is Fc1cccc(F)c1C1=NCC=Nc2ccc(Cl)c(Cl)c21. The normalized spacial score (nSPS) is 13.6. The predicted molar refractivity (Wildman–Crippen MR) is 81.5 cm³/mol. The van der Waals surface area contributed by atoms with Gasteiger partial charge in [0.25, 0.3) is 0 Å². The number of halogens is 4. The minimum absolute atomic E-state index is 0.116. The Morgan fingerprint density at radius 3 is 2.38 bits per heavy atom. The maximum Gasteiger partial charge on any atom is 0.135 e. The summed E-state index contributed by atoms with van der Waals surface area (Å²) in [6.07, 6.45) is 1.55. The van der Waals surface area contributed by atoms with Gasteiger partial charge < -0.3 is 0 Å². The molecule has 1 heterocycles. The molecule has 0 unspecified atom stereocenters. The summed E-state index contributed by atoms with van der Waals surface area (Å²) in [6, 6.07) is 6.86. The van der Waals surface area contributed by atoms with Crippen molar-refractivity contribution in [2.24, 2.45) is 9.98 Å². The van der Waals surface area contributed by atoms with Crippen LogP contribution in [0.2, 0.25) is 10.0 Å². The molecule has 0 fully saturated rings. The molecule has 0 saturated heterocycles. The molecular formula is C15H8Cl2F2N2. The van der Waals surface area contributed by atoms with Crippen molar-refractivity contribution in [1.29, 1.82) is 0 Å². The van der Waals surface area contributed by atoms with Gasteiger partial charge in [-0.05, 0) is 24.3 Å². The molecule has 0 N–H and O–H groups in total. The molecule has 6 heteroatoms. The molecule has 106 valence electrons. The van der Waals surface area contributed by atoms with E-state index in [0.29, 0.717) is 11.3 Å². The van der Waals surface area contributed by atoms with E-state index in [-0.39, 0.29) is 27.9 Å². The van der Waals surface area contributed by atoms with Crippen LogP contribution in [0.15, 0.2) is 40.3 Å². The molecule has 0 saturated carbocycles. The largest absolute Gasteiger partial charge is 0.278 e. The average molecular weight is 325 g/mol. The monoisotopic (exact) mass is 324 g/mol. The van der Waals surface area contributed by atoms with Gasteiger partial charge >= 0.3 is 0 Å². The minimum Gasteiger partial charge on any atom is -0.278 e. The molecule has 0 aromatic heterocycles. The highest BCUT2D eigenvalue weighted by atomic mass is 35.5. The Morgan fingerprint density at radius 2 is 1.67 bits per heavy atom. The van der Waals surface area contributed by atoms with Crippen LogP contribution in [0.4, 0.5) is 14.5 Å². The van der Waals surface area contributed by atoms with Gasteiger partial charge in [-0.15, -0.1) is 0 Å². The van der Waals surface area contributed by atoms with Gasteiger partial charge in [-0.2, -0.15) is 0 Å². The van der Waals surface area contributed by atoms with E-state index in [2.05, 4.69) is 9.98 Å². The number of fused-ring (bicyclic) bond motifs is 1. The van der Waals surface area contributed by atoms with Gasteiger partial charge in [0, 0.05) is 11.8 Å². The van der Waals surface area contributed by atoms with Crippen molar-refractivity contribution >= 4 is 40.8 Å². The highest BCUT2D eigenvalue weighted by molar-refractivity contribution is 6.45. The van der Waals surface area contributed by atoms with Crippen molar-refractivity contribution in [2.75, 3.05) is 6.54 Å². The predicted octanol–water partition coefficient (Wildman–Crippen LogP) is 4.82. The molecule has 1 aliphatic heterocycles. The summed E-state index contributed by atoms with van der Waals surface area (Å²) in [5.74, 6) is -1.42. The van der Waals surface area contributed by atoms with Crippen molar-refractivity contribution in [3.8, 4) is 0 Å². The van der Waals surface area contributed by atoms with Crippen molar-refractivity contribution < 1.29 is 8.78 Å². The molecule has 1 aliphatic rings. The fraction of sp³-hybridized carbons (Fsp3) is 0.0667. The van der Waals surface area contributed by atoms with Gasteiger partial charge in [0.1, 0.15) is 11.6 Å². The summed E-state index contributed by atoms with van der Waals surface area (Å²) in [7, 11) is 0. The third-order valence-electron chi connectivity index (χ3n) is 3.07. The zero-order valence-electron chi connectivity index (χ0n) is 10.6. The Hall–Kier alpha value is -1.78. The fourth-order valence-corrected chi connectivity index (χ4v) is 2.56. The van der Waals surface area contributed by atoms with Gasteiger partial charge in [-0.25, -0.2) is 8.78 Å². The zero-order valence-corrected chi connectivity index (χ0v) is 12.1. The molecule has 0 radical (unpaired) electrons. The topological polar surface area (TPSA) is 24.7 Å². The average Bonchev–Trinajstić information content (AvgIpc) is 2.66. The van der Waals surface area contributed by atoms with Crippen LogP contribution in [0.1, 0.15) is 11.1 Å². The number of benzene rings is 2. The van der Waals surface area contributed by atoms with E-state index >= 15 is 0 Å². The zero-order chi connectivity index (χ0) is 15.0. The number of rotatable bonds is 1. The number of hydrogen-bond acceptors (Lipinski definition) is 2. The summed E-state index contributed by atoms with van der Waals surface area (Å²) in [5.41, 5.74) is 0.698. The number of aliphatic imine (C=N–C) groups is 2. The maximum atomic E-state index is 14.1. The standard InChI is InChI=1S/C15H8Cl2F2N2/c16-8-4-5-11-13(14(8)17)15(21-7-6-20-11)12-9(18)2-1-3-10(12)19/h1-6H,7H2. The van der Waals surface area contributed by atoms with Crippen LogP contribution in [-0.4, -0.2) is 18.5 Å². The second-order valence-corrected chi connectivity index (χ2v) is 5.14. The third-order valence-corrected chi connectivity index (χ3v) is 3.87. The molecule has 0 amide bonds. The smallest absolute Gasteiger partial charge is 0.135 e. The molecule has 0 atom stereocenters. The van der Waals surface area contributed by atoms with Crippen LogP contribution >= 0.6 is 23.2 Å². The molecule has 0 spiro atoms. The van der Waals surface area contributed by atoms with Crippen molar-refractivity contribution in [3.05, 3.63) is 63.1 Å². The summed E-state index contributed by atoms with van der Waals surface area (Å²) < 4.78 is 28.1. The summed E-state index contributed by atoms with van der Waals surface area (Å²) >= 11 is 12.2. The molecular weight excluding hydrogens is 317 g/mol. The van der Waals surface area contributed by atoms with Crippen LogP contribution in [0.25, 0.3) is 0 Å². The lowest BCUT2D eigenvalue weighted by Crippen LogP contribution is -2.10. The summed E-state index contributed by atoms with van der Waals surface area (Å²) in [6.45, 7) is 0.200. The molecule has 0 bridgehead atoms. The van der Waals surface area contributed by atoms with E-state index < -0.39 is 11.6 Å². The Bertz CT molecular complexity index is 765. The Labute approximate surface area is 129 Å². The highest BCUT2D eigenvalue weighted by Crippen LogP contribution is 2.36. The van der Waals surface area contributed by atoms with Gasteiger partial charge in [0.2, 0.25) is 0 Å².